The van der Waals surface area contributed by atoms with Gasteiger partial charge < -0.3 is 4.42 Å². The maximum absolute atomic E-state index is 6.17. The molecule has 1 heteroatoms. The van der Waals surface area contributed by atoms with Crippen molar-refractivity contribution in [3.63, 3.8) is 0 Å². The summed E-state index contributed by atoms with van der Waals surface area (Å²) in [6.45, 7) is 0. The van der Waals surface area contributed by atoms with Crippen LogP contribution in [0.5, 0.6) is 0 Å². The summed E-state index contributed by atoms with van der Waals surface area (Å²) >= 11 is 0. The third kappa shape index (κ3) is 4.10. The third-order valence-electron chi connectivity index (χ3n) is 9.81. The molecular formula is C46H28O. The number of benzene rings is 9. The fourth-order valence-electron chi connectivity index (χ4n) is 7.58. The minimum atomic E-state index is 0.914. The fraction of sp³-hybridized carbons (Fsp3) is 0. The molecule has 0 fully saturated rings. The molecule has 1 aromatic heterocycles. The van der Waals surface area contributed by atoms with Crippen LogP contribution in [0.25, 0.3) is 98.4 Å². The van der Waals surface area contributed by atoms with Crippen LogP contribution >= 0.6 is 0 Å². The molecule has 0 spiro atoms. The van der Waals surface area contributed by atoms with Crippen molar-refractivity contribution in [2.45, 2.75) is 0 Å². The Bertz CT molecular complexity index is 2850. The van der Waals surface area contributed by atoms with Gasteiger partial charge in [-0.2, -0.15) is 0 Å². The second-order valence-corrected chi connectivity index (χ2v) is 12.5. The number of hydrogen-bond donors (Lipinski definition) is 0. The van der Waals surface area contributed by atoms with Gasteiger partial charge in [0, 0.05) is 10.8 Å². The summed E-state index contributed by atoms with van der Waals surface area (Å²) in [5, 5.41) is 12.3. The second-order valence-electron chi connectivity index (χ2n) is 12.5. The smallest absolute Gasteiger partial charge is 0.135 e. The average Bonchev–Trinajstić information content (AvgIpc) is 3.51. The molecule has 0 aliphatic rings. The molecule has 218 valence electrons. The lowest BCUT2D eigenvalue weighted by Crippen LogP contribution is -1.92. The Labute approximate surface area is 271 Å². The molecule has 0 aliphatic heterocycles. The van der Waals surface area contributed by atoms with Crippen LogP contribution in [0.1, 0.15) is 0 Å². The highest BCUT2D eigenvalue weighted by molar-refractivity contribution is 6.22. The van der Waals surface area contributed by atoms with Gasteiger partial charge >= 0.3 is 0 Å². The molecule has 10 aromatic rings. The van der Waals surface area contributed by atoms with Gasteiger partial charge in [0.15, 0.2) is 0 Å². The van der Waals surface area contributed by atoms with Gasteiger partial charge in [-0.1, -0.05) is 133 Å². The highest BCUT2D eigenvalue weighted by atomic mass is 16.3. The van der Waals surface area contributed by atoms with Gasteiger partial charge in [0.25, 0.3) is 0 Å². The fourth-order valence-corrected chi connectivity index (χ4v) is 7.58. The van der Waals surface area contributed by atoms with Crippen molar-refractivity contribution < 1.29 is 4.42 Å². The molecule has 0 aliphatic carbocycles. The van der Waals surface area contributed by atoms with E-state index < -0.39 is 0 Å². The van der Waals surface area contributed by atoms with E-state index >= 15 is 0 Å². The van der Waals surface area contributed by atoms with Crippen LogP contribution in [0.15, 0.2) is 174 Å². The van der Waals surface area contributed by atoms with Crippen molar-refractivity contribution in [2.24, 2.45) is 0 Å². The quantitative estimate of drug-likeness (QED) is 0.185. The highest BCUT2D eigenvalue weighted by Gasteiger charge is 2.18. The van der Waals surface area contributed by atoms with E-state index in [0.717, 1.165) is 21.9 Å². The molecule has 1 heterocycles. The third-order valence-corrected chi connectivity index (χ3v) is 9.81. The topological polar surface area (TPSA) is 13.1 Å². The van der Waals surface area contributed by atoms with E-state index in [1.54, 1.807) is 0 Å². The van der Waals surface area contributed by atoms with Crippen LogP contribution in [0.4, 0.5) is 0 Å². The standard InChI is InChI=1S/C46H28O/c1-3-11-31-25-35(19-17-29(31)9-1)45-38-14-5-6-15-39(38)46(36-20-18-30-10-2-4-12-32(30)26-36)42-28-33(21-23-40(42)45)34-22-24-44-41(27-34)37-13-7-8-16-43(37)47-44/h1-28H. The Kier molecular flexibility index (Phi) is 5.64. The molecule has 10 rings (SSSR count). The van der Waals surface area contributed by atoms with E-state index in [2.05, 4.69) is 158 Å². The highest BCUT2D eigenvalue weighted by Crippen LogP contribution is 2.46. The monoisotopic (exact) mass is 596 g/mol. The SMILES string of the molecule is c1ccc2cc(-c3c4ccccc4c(-c4ccc5ccccc5c4)c4cc(-c5ccc6oc7ccccc7c6c5)ccc34)ccc2c1. The lowest BCUT2D eigenvalue weighted by atomic mass is 9.84. The predicted octanol–water partition coefficient (Wildman–Crippen LogP) is 13.2. The minimum Gasteiger partial charge on any atom is -0.456 e. The molecule has 0 unspecified atom stereocenters. The maximum Gasteiger partial charge on any atom is 0.135 e. The first kappa shape index (κ1) is 26.1. The minimum absolute atomic E-state index is 0.914. The Hall–Kier alpha value is -6.18. The van der Waals surface area contributed by atoms with Crippen molar-refractivity contribution in [3.8, 4) is 33.4 Å². The van der Waals surface area contributed by atoms with Gasteiger partial charge in [-0.25, -0.2) is 0 Å². The zero-order valence-electron chi connectivity index (χ0n) is 25.6. The lowest BCUT2D eigenvalue weighted by Gasteiger charge is -2.19. The molecular weight excluding hydrogens is 569 g/mol. The number of rotatable bonds is 3. The van der Waals surface area contributed by atoms with Crippen LogP contribution in [-0.2, 0) is 0 Å². The van der Waals surface area contributed by atoms with Gasteiger partial charge in [-0.05, 0) is 113 Å². The zero-order chi connectivity index (χ0) is 30.9. The largest absolute Gasteiger partial charge is 0.456 e. The number of furan rings is 1. The molecule has 47 heavy (non-hydrogen) atoms. The van der Waals surface area contributed by atoms with Crippen molar-refractivity contribution in [1.29, 1.82) is 0 Å². The summed E-state index contributed by atoms with van der Waals surface area (Å²) in [5.41, 5.74) is 9.19. The van der Waals surface area contributed by atoms with Crippen LogP contribution in [0.3, 0.4) is 0 Å². The van der Waals surface area contributed by atoms with E-state index in [4.69, 9.17) is 4.42 Å². The normalized spacial score (nSPS) is 11.8. The van der Waals surface area contributed by atoms with E-state index in [0.29, 0.717) is 0 Å². The summed E-state index contributed by atoms with van der Waals surface area (Å²) < 4.78 is 6.17. The number of fused-ring (bicyclic) bond motifs is 7. The Morgan fingerprint density at radius 2 is 0.702 bits per heavy atom. The molecule has 0 amide bonds. The van der Waals surface area contributed by atoms with Crippen LogP contribution in [0, 0.1) is 0 Å². The zero-order valence-corrected chi connectivity index (χ0v) is 25.6. The predicted molar refractivity (Wildman–Crippen MR) is 200 cm³/mol. The van der Waals surface area contributed by atoms with E-state index in [-0.39, 0.29) is 0 Å². The molecule has 0 bridgehead atoms. The van der Waals surface area contributed by atoms with Gasteiger partial charge in [0.1, 0.15) is 11.2 Å². The molecule has 0 saturated carbocycles. The van der Waals surface area contributed by atoms with Gasteiger partial charge in [0.05, 0.1) is 0 Å². The molecule has 0 saturated heterocycles. The van der Waals surface area contributed by atoms with Crippen molar-refractivity contribution in [3.05, 3.63) is 170 Å². The summed E-state index contributed by atoms with van der Waals surface area (Å²) in [6, 6.07) is 61.8. The Morgan fingerprint density at radius 1 is 0.255 bits per heavy atom. The van der Waals surface area contributed by atoms with E-state index in [1.165, 1.54) is 76.5 Å². The van der Waals surface area contributed by atoms with Crippen LogP contribution in [0.2, 0.25) is 0 Å². The first-order valence-corrected chi connectivity index (χ1v) is 16.2. The first-order chi connectivity index (χ1) is 23.3. The summed E-state index contributed by atoms with van der Waals surface area (Å²) in [6.07, 6.45) is 0. The summed E-state index contributed by atoms with van der Waals surface area (Å²) in [7, 11) is 0. The molecule has 9 aromatic carbocycles. The summed E-state index contributed by atoms with van der Waals surface area (Å²) in [4.78, 5) is 0. The molecule has 0 radical (unpaired) electrons. The molecule has 0 atom stereocenters. The van der Waals surface area contributed by atoms with Crippen LogP contribution in [-0.4, -0.2) is 0 Å². The molecule has 1 nitrogen and oxygen atoms in total. The first-order valence-electron chi connectivity index (χ1n) is 16.2. The van der Waals surface area contributed by atoms with Gasteiger partial charge in [-0.15, -0.1) is 0 Å². The Morgan fingerprint density at radius 3 is 1.36 bits per heavy atom. The van der Waals surface area contributed by atoms with Crippen LogP contribution < -0.4 is 0 Å². The van der Waals surface area contributed by atoms with Gasteiger partial charge in [0.2, 0.25) is 0 Å². The average molecular weight is 597 g/mol. The number of hydrogen-bond acceptors (Lipinski definition) is 1. The van der Waals surface area contributed by atoms with Crippen molar-refractivity contribution in [2.75, 3.05) is 0 Å². The Balaban J connectivity index is 1.30. The van der Waals surface area contributed by atoms with Crippen molar-refractivity contribution >= 4 is 65.0 Å². The summed E-state index contributed by atoms with van der Waals surface area (Å²) in [5.74, 6) is 0. The van der Waals surface area contributed by atoms with E-state index in [1.807, 2.05) is 12.1 Å². The lowest BCUT2D eigenvalue weighted by molar-refractivity contribution is 0.669. The van der Waals surface area contributed by atoms with Crippen molar-refractivity contribution in [1.82, 2.24) is 0 Å². The second kappa shape index (κ2) is 10.2. The van der Waals surface area contributed by atoms with Gasteiger partial charge in [-0.3, -0.25) is 0 Å². The number of para-hydroxylation sites is 1. The van der Waals surface area contributed by atoms with E-state index in [9.17, 15) is 0 Å². The maximum atomic E-state index is 6.17. The molecule has 0 N–H and O–H groups in total.